The summed E-state index contributed by atoms with van der Waals surface area (Å²) in [4.78, 5) is 12.8. The second-order valence-electron chi connectivity index (χ2n) is 13.4. The second kappa shape index (κ2) is 28.2. The fourth-order valence-corrected chi connectivity index (χ4v) is 6.10. The lowest BCUT2D eigenvalue weighted by molar-refractivity contribution is -0.302. The summed E-state index contributed by atoms with van der Waals surface area (Å²) in [6.45, 7) is 3.79. The van der Waals surface area contributed by atoms with Crippen LogP contribution in [-0.4, -0.2) is 87.5 Å². The SMILES string of the molecule is CCCCCCCCCCCCCCC(=O)N[C@@H](CO[C@@H]1O[C@H](CO)[C@H](O)C(O)C1O)[C@H](O)CCCCCCCCCCCC. The standard InChI is InChI=1S/C36H71NO8/c1-3-5-7-9-11-13-15-16-18-20-22-24-26-32(40)37-29(28-44-36-35(43)34(42)33(41)31(27-38)45-36)30(39)25-23-21-19-17-14-12-10-8-6-4-2/h29-31,33-36,38-39,41-43H,3-28H2,1-2H3,(H,37,40)/t29-,30+,31+,33-,34?,35?,36+/m0/s1. The van der Waals surface area contributed by atoms with Crippen molar-refractivity contribution in [3.63, 3.8) is 0 Å². The number of unbranched alkanes of at least 4 members (excludes halogenated alkanes) is 20. The molecular weight excluding hydrogens is 574 g/mol. The smallest absolute Gasteiger partial charge is 0.220 e. The Bertz CT molecular complexity index is 681. The summed E-state index contributed by atoms with van der Waals surface area (Å²) < 4.78 is 11.2. The summed E-state index contributed by atoms with van der Waals surface area (Å²) >= 11 is 0. The third-order valence-electron chi connectivity index (χ3n) is 9.21. The number of aliphatic hydroxyl groups is 5. The van der Waals surface area contributed by atoms with Crippen molar-refractivity contribution in [2.45, 2.75) is 211 Å². The van der Waals surface area contributed by atoms with Crippen molar-refractivity contribution in [3.05, 3.63) is 0 Å². The van der Waals surface area contributed by atoms with E-state index in [0.717, 1.165) is 38.5 Å². The Labute approximate surface area is 274 Å². The maximum absolute atomic E-state index is 12.8. The van der Waals surface area contributed by atoms with Crippen LogP contribution in [0.4, 0.5) is 0 Å². The summed E-state index contributed by atoms with van der Waals surface area (Å²) in [5.41, 5.74) is 0. The van der Waals surface area contributed by atoms with Crippen molar-refractivity contribution in [2.75, 3.05) is 13.2 Å². The van der Waals surface area contributed by atoms with Crippen LogP contribution in [0.2, 0.25) is 0 Å². The van der Waals surface area contributed by atoms with Crippen LogP contribution < -0.4 is 5.32 Å². The average molecular weight is 646 g/mol. The molecule has 0 aromatic rings. The molecule has 0 aliphatic carbocycles. The Morgan fingerprint density at radius 2 is 1.11 bits per heavy atom. The molecule has 7 atom stereocenters. The molecule has 0 spiro atoms. The average Bonchev–Trinajstić information content (AvgIpc) is 3.04. The first-order chi connectivity index (χ1) is 21.8. The van der Waals surface area contributed by atoms with E-state index in [4.69, 9.17) is 9.47 Å². The zero-order valence-corrected chi connectivity index (χ0v) is 28.9. The third kappa shape index (κ3) is 20.2. The zero-order chi connectivity index (χ0) is 33.1. The highest BCUT2D eigenvalue weighted by Crippen LogP contribution is 2.23. The second-order valence-corrected chi connectivity index (χ2v) is 13.4. The molecule has 1 aliphatic heterocycles. The Morgan fingerprint density at radius 3 is 1.58 bits per heavy atom. The molecule has 9 heteroatoms. The topological polar surface area (TPSA) is 149 Å². The molecule has 0 aromatic carbocycles. The fraction of sp³-hybridized carbons (Fsp3) is 0.972. The summed E-state index contributed by atoms with van der Waals surface area (Å²) in [6, 6.07) is -0.708. The van der Waals surface area contributed by atoms with Crippen LogP contribution in [0.5, 0.6) is 0 Å². The van der Waals surface area contributed by atoms with Crippen LogP contribution in [0.25, 0.3) is 0 Å². The van der Waals surface area contributed by atoms with Gasteiger partial charge in [0.2, 0.25) is 5.91 Å². The number of rotatable bonds is 30. The van der Waals surface area contributed by atoms with Gasteiger partial charge in [0.25, 0.3) is 0 Å². The highest BCUT2D eigenvalue weighted by Gasteiger charge is 2.44. The molecule has 6 N–H and O–H groups in total. The lowest BCUT2D eigenvalue weighted by atomic mass is 9.99. The minimum atomic E-state index is -1.55. The van der Waals surface area contributed by atoms with Crippen molar-refractivity contribution in [1.29, 1.82) is 0 Å². The van der Waals surface area contributed by atoms with Crippen molar-refractivity contribution in [3.8, 4) is 0 Å². The van der Waals surface area contributed by atoms with Crippen molar-refractivity contribution < 1.29 is 39.8 Å². The molecule has 0 saturated carbocycles. The van der Waals surface area contributed by atoms with E-state index in [1.165, 1.54) is 103 Å². The molecule has 1 aliphatic rings. The molecule has 0 aromatic heterocycles. The first-order valence-electron chi connectivity index (χ1n) is 18.7. The monoisotopic (exact) mass is 646 g/mol. The van der Waals surface area contributed by atoms with E-state index < -0.39 is 49.5 Å². The lowest BCUT2D eigenvalue weighted by Crippen LogP contribution is -2.60. The van der Waals surface area contributed by atoms with E-state index in [9.17, 15) is 30.3 Å². The number of hydrogen-bond donors (Lipinski definition) is 6. The predicted octanol–water partition coefficient (Wildman–Crippen LogP) is 6.05. The van der Waals surface area contributed by atoms with Gasteiger partial charge in [-0.15, -0.1) is 0 Å². The summed E-state index contributed by atoms with van der Waals surface area (Å²) in [5, 5.41) is 53.9. The quantitative estimate of drug-likeness (QED) is 0.0517. The molecule has 1 amide bonds. The zero-order valence-electron chi connectivity index (χ0n) is 28.9. The fourth-order valence-electron chi connectivity index (χ4n) is 6.10. The molecule has 1 saturated heterocycles. The van der Waals surface area contributed by atoms with Gasteiger partial charge in [0.1, 0.15) is 24.4 Å². The number of carbonyl (C=O) groups excluding carboxylic acids is 1. The molecule has 0 radical (unpaired) electrons. The van der Waals surface area contributed by atoms with Gasteiger partial charge in [-0.3, -0.25) is 4.79 Å². The Kier molecular flexibility index (Phi) is 26.5. The minimum Gasteiger partial charge on any atom is -0.394 e. The highest BCUT2D eigenvalue weighted by atomic mass is 16.7. The number of carbonyl (C=O) groups is 1. The Hall–Kier alpha value is -0.810. The molecular formula is C36H71NO8. The molecule has 1 heterocycles. The lowest BCUT2D eigenvalue weighted by Gasteiger charge is -2.40. The van der Waals surface area contributed by atoms with Crippen LogP contribution in [0.1, 0.15) is 168 Å². The largest absolute Gasteiger partial charge is 0.394 e. The van der Waals surface area contributed by atoms with Gasteiger partial charge in [0.15, 0.2) is 6.29 Å². The maximum Gasteiger partial charge on any atom is 0.220 e. The third-order valence-corrected chi connectivity index (χ3v) is 9.21. The van der Waals surface area contributed by atoms with Gasteiger partial charge in [0, 0.05) is 6.42 Å². The molecule has 1 fully saturated rings. The van der Waals surface area contributed by atoms with E-state index in [1.807, 2.05) is 0 Å². The highest BCUT2D eigenvalue weighted by molar-refractivity contribution is 5.76. The Morgan fingerprint density at radius 1 is 0.667 bits per heavy atom. The minimum absolute atomic E-state index is 0.133. The number of aliphatic hydroxyl groups excluding tert-OH is 5. The van der Waals surface area contributed by atoms with Crippen LogP contribution in [-0.2, 0) is 14.3 Å². The number of nitrogens with one attached hydrogen (secondary N) is 1. The van der Waals surface area contributed by atoms with E-state index in [0.29, 0.717) is 12.8 Å². The Balaban J connectivity index is 2.43. The molecule has 1 rings (SSSR count). The van der Waals surface area contributed by atoms with Gasteiger partial charge in [-0.1, -0.05) is 149 Å². The van der Waals surface area contributed by atoms with Crippen LogP contribution in [0.15, 0.2) is 0 Å². The molecule has 9 nitrogen and oxygen atoms in total. The van der Waals surface area contributed by atoms with Crippen LogP contribution in [0.3, 0.4) is 0 Å². The van der Waals surface area contributed by atoms with E-state index in [2.05, 4.69) is 19.2 Å². The van der Waals surface area contributed by atoms with Gasteiger partial charge in [-0.25, -0.2) is 0 Å². The number of amides is 1. The summed E-state index contributed by atoms with van der Waals surface area (Å²) in [6.07, 6.45) is 19.7. The van der Waals surface area contributed by atoms with Gasteiger partial charge in [0.05, 0.1) is 25.4 Å². The normalized spacial score (nSPS) is 23.2. The maximum atomic E-state index is 12.8. The first kappa shape index (κ1) is 42.2. The number of ether oxygens (including phenoxy) is 2. The van der Waals surface area contributed by atoms with Crippen molar-refractivity contribution in [2.24, 2.45) is 0 Å². The van der Waals surface area contributed by atoms with Gasteiger partial charge >= 0.3 is 0 Å². The van der Waals surface area contributed by atoms with Crippen LogP contribution in [0, 0.1) is 0 Å². The molecule has 0 bridgehead atoms. The molecule has 2 unspecified atom stereocenters. The van der Waals surface area contributed by atoms with Crippen molar-refractivity contribution in [1.82, 2.24) is 5.32 Å². The summed E-state index contributed by atoms with van der Waals surface area (Å²) in [5.74, 6) is -0.147. The van der Waals surface area contributed by atoms with E-state index in [1.54, 1.807) is 0 Å². The summed E-state index contributed by atoms with van der Waals surface area (Å²) in [7, 11) is 0. The molecule has 268 valence electrons. The molecule has 45 heavy (non-hydrogen) atoms. The predicted molar refractivity (Wildman–Crippen MR) is 180 cm³/mol. The van der Waals surface area contributed by atoms with Crippen LogP contribution >= 0.6 is 0 Å². The first-order valence-corrected chi connectivity index (χ1v) is 18.7. The van der Waals surface area contributed by atoms with Gasteiger partial charge in [-0.05, 0) is 12.8 Å². The van der Waals surface area contributed by atoms with Gasteiger partial charge in [-0.2, -0.15) is 0 Å². The van der Waals surface area contributed by atoms with E-state index >= 15 is 0 Å². The number of hydrogen-bond acceptors (Lipinski definition) is 8. The van der Waals surface area contributed by atoms with Crippen molar-refractivity contribution >= 4 is 5.91 Å². The van der Waals surface area contributed by atoms with Gasteiger partial charge < -0.3 is 40.3 Å². The van der Waals surface area contributed by atoms with E-state index in [-0.39, 0.29) is 12.5 Å².